The fraction of sp³-hybridized carbons (Fsp3) is 0.583. The molecule has 0 aliphatic carbocycles. The summed E-state index contributed by atoms with van der Waals surface area (Å²) in [7, 11) is 0. The predicted molar refractivity (Wildman–Crippen MR) is 88.5 cm³/mol. The van der Waals surface area contributed by atoms with Crippen LogP contribution in [0.5, 0.6) is 0 Å². The average Bonchev–Trinajstić information content (AvgIpc) is 2.36. The number of carbonyl (C=O) groups is 1. The molecule has 21 heavy (non-hydrogen) atoms. The topological polar surface area (TPSA) is 96.4 Å². The van der Waals surface area contributed by atoms with Crippen LogP contribution in [0.4, 0.5) is 10.6 Å². The lowest BCUT2D eigenvalue weighted by Crippen LogP contribution is -2.44. The summed E-state index contributed by atoms with van der Waals surface area (Å²) in [6.07, 6.45) is 0.751. The maximum atomic E-state index is 11.6. The molecule has 0 aromatic carbocycles. The molecule has 0 fully saturated rings. The summed E-state index contributed by atoms with van der Waals surface area (Å²) in [6, 6.07) is -0.510. The van der Waals surface area contributed by atoms with E-state index in [1.54, 1.807) is 20.8 Å². The van der Waals surface area contributed by atoms with Gasteiger partial charge in [0.2, 0.25) is 0 Å². The van der Waals surface area contributed by atoms with Crippen molar-refractivity contribution >= 4 is 46.1 Å². The van der Waals surface area contributed by atoms with Crippen LogP contribution in [0.3, 0.4) is 0 Å². The van der Waals surface area contributed by atoms with Gasteiger partial charge in [-0.1, -0.05) is 11.6 Å². The number of hydrogen-bond donors (Lipinski definition) is 3. The number of amides is 1. The van der Waals surface area contributed by atoms with Crippen LogP contribution in [-0.4, -0.2) is 46.0 Å². The first-order valence-corrected chi connectivity index (χ1v) is 7.69. The normalized spacial score (nSPS) is 12.7. The third-order valence-electron chi connectivity index (χ3n) is 2.20. The Bertz CT molecular complexity index is 496. The lowest BCUT2D eigenvalue weighted by atomic mass is 10.2. The van der Waals surface area contributed by atoms with Crippen molar-refractivity contribution < 1.29 is 14.6 Å². The Labute approximate surface area is 142 Å². The first-order chi connectivity index (χ1) is 9.73. The minimum Gasteiger partial charge on any atom is -0.444 e. The summed E-state index contributed by atoms with van der Waals surface area (Å²) < 4.78 is 5.80. The number of hydrogen-bond acceptors (Lipinski definition) is 6. The maximum Gasteiger partial charge on any atom is 0.408 e. The zero-order valence-corrected chi connectivity index (χ0v) is 14.9. The first kappa shape index (κ1) is 18.2. The monoisotopic (exact) mass is 428 g/mol. The first-order valence-electron chi connectivity index (χ1n) is 6.23. The van der Waals surface area contributed by atoms with E-state index in [2.05, 4.69) is 20.6 Å². The number of aliphatic hydroxyl groups excluding tert-OH is 1. The number of rotatable bonds is 5. The van der Waals surface area contributed by atoms with Gasteiger partial charge >= 0.3 is 6.09 Å². The lowest BCUT2D eigenvalue weighted by molar-refractivity contribution is 0.0487. The number of aromatic nitrogens is 2. The molecule has 3 N–H and O–H groups in total. The second-order valence-electron chi connectivity index (χ2n) is 5.23. The minimum absolute atomic E-state index is 0.234. The summed E-state index contributed by atoms with van der Waals surface area (Å²) in [5, 5.41) is 15.2. The molecule has 0 saturated heterocycles. The van der Waals surface area contributed by atoms with E-state index in [4.69, 9.17) is 16.3 Å². The van der Waals surface area contributed by atoms with Crippen molar-refractivity contribution in [3.05, 3.63) is 15.1 Å². The highest BCUT2D eigenvalue weighted by molar-refractivity contribution is 14.1. The molecule has 1 aromatic rings. The van der Waals surface area contributed by atoms with Crippen LogP contribution in [0, 0.1) is 3.57 Å². The Morgan fingerprint density at radius 2 is 2.19 bits per heavy atom. The molecular formula is C12H18ClIN4O3. The average molecular weight is 429 g/mol. The van der Waals surface area contributed by atoms with Crippen molar-refractivity contribution in [1.82, 2.24) is 15.3 Å². The summed E-state index contributed by atoms with van der Waals surface area (Å²) >= 11 is 7.90. The van der Waals surface area contributed by atoms with Gasteiger partial charge in [0.1, 0.15) is 22.9 Å². The van der Waals surface area contributed by atoms with E-state index in [1.807, 2.05) is 22.6 Å². The Morgan fingerprint density at radius 3 is 2.76 bits per heavy atom. The van der Waals surface area contributed by atoms with Crippen molar-refractivity contribution in [3.63, 3.8) is 0 Å². The van der Waals surface area contributed by atoms with Gasteiger partial charge in [0, 0.05) is 6.54 Å². The van der Waals surface area contributed by atoms with Crippen molar-refractivity contribution in [2.75, 3.05) is 18.5 Å². The van der Waals surface area contributed by atoms with Gasteiger partial charge in [-0.25, -0.2) is 14.8 Å². The molecule has 9 heteroatoms. The molecule has 1 amide bonds. The maximum absolute atomic E-state index is 11.6. The van der Waals surface area contributed by atoms with Crippen LogP contribution in [0.2, 0.25) is 5.15 Å². The predicted octanol–water partition coefficient (Wildman–Crippen LogP) is 2.03. The van der Waals surface area contributed by atoms with E-state index in [1.165, 1.54) is 6.33 Å². The Morgan fingerprint density at radius 1 is 1.52 bits per heavy atom. The standard InChI is InChI=1S/C12H18ClIN4O3/c1-12(2,3)21-11(20)18-7(5-19)4-15-10-8(14)9(13)16-6-17-10/h6-7,19H,4-5H2,1-3H3,(H,18,20)(H,15,16,17). The number of carbonyl (C=O) groups excluding carboxylic acids is 1. The van der Waals surface area contributed by atoms with Crippen LogP contribution in [-0.2, 0) is 4.74 Å². The second kappa shape index (κ2) is 7.95. The summed E-state index contributed by atoms with van der Waals surface area (Å²) in [5.74, 6) is 0.542. The largest absolute Gasteiger partial charge is 0.444 e. The second-order valence-corrected chi connectivity index (χ2v) is 6.67. The van der Waals surface area contributed by atoms with Crippen molar-refractivity contribution in [2.24, 2.45) is 0 Å². The summed E-state index contributed by atoms with van der Waals surface area (Å²) in [6.45, 7) is 5.35. The molecule has 0 radical (unpaired) electrons. The molecule has 1 heterocycles. The molecule has 1 rings (SSSR count). The Kier molecular flexibility index (Phi) is 6.88. The van der Waals surface area contributed by atoms with Gasteiger partial charge in [0.15, 0.2) is 0 Å². The molecule has 7 nitrogen and oxygen atoms in total. The molecule has 1 atom stereocenters. The van der Waals surface area contributed by atoms with Gasteiger partial charge in [-0.15, -0.1) is 0 Å². The van der Waals surface area contributed by atoms with Crippen molar-refractivity contribution in [3.8, 4) is 0 Å². The highest BCUT2D eigenvalue weighted by Gasteiger charge is 2.19. The number of nitrogens with one attached hydrogen (secondary N) is 2. The molecule has 0 saturated carbocycles. The number of aliphatic hydroxyl groups is 1. The quantitative estimate of drug-likeness (QED) is 0.491. The van der Waals surface area contributed by atoms with Crippen molar-refractivity contribution in [2.45, 2.75) is 32.4 Å². The number of halogens is 2. The van der Waals surface area contributed by atoms with Crippen LogP contribution in [0.1, 0.15) is 20.8 Å². The molecule has 0 spiro atoms. The van der Waals surface area contributed by atoms with Gasteiger partial charge in [0.05, 0.1) is 16.2 Å². The zero-order chi connectivity index (χ0) is 16.0. The molecular weight excluding hydrogens is 411 g/mol. The highest BCUT2D eigenvalue weighted by Crippen LogP contribution is 2.21. The lowest BCUT2D eigenvalue weighted by Gasteiger charge is -2.23. The van der Waals surface area contributed by atoms with Crippen molar-refractivity contribution in [1.29, 1.82) is 0 Å². The minimum atomic E-state index is -0.590. The molecule has 1 aromatic heterocycles. The summed E-state index contributed by atoms with van der Waals surface area (Å²) in [5.41, 5.74) is -0.590. The van der Waals surface area contributed by atoms with Crippen LogP contribution in [0.25, 0.3) is 0 Å². The fourth-order valence-electron chi connectivity index (χ4n) is 1.33. The number of ether oxygens (including phenoxy) is 1. The third kappa shape index (κ3) is 6.62. The van der Waals surface area contributed by atoms with Crippen LogP contribution >= 0.6 is 34.2 Å². The number of nitrogens with zero attached hydrogens (tertiary/aromatic N) is 2. The van der Waals surface area contributed by atoms with E-state index in [9.17, 15) is 9.90 Å². The Hall–Kier alpha value is -0.870. The smallest absolute Gasteiger partial charge is 0.408 e. The Balaban J connectivity index is 2.55. The van der Waals surface area contributed by atoms with Crippen LogP contribution < -0.4 is 10.6 Å². The zero-order valence-electron chi connectivity index (χ0n) is 12.0. The van der Waals surface area contributed by atoms with Gasteiger partial charge in [-0.05, 0) is 43.4 Å². The van der Waals surface area contributed by atoms with Gasteiger partial charge in [-0.2, -0.15) is 0 Å². The van der Waals surface area contributed by atoms with Crippen LogP contribution in [0.15, 0.2) is 6.33 Å². The third-order valence-corrected chi connectivity index (χ3v) is 3.83. The van der Waals surface area contributed by atoms with E-state index in [0.717, 1.165) is 0 Å². The van der Waals surface area contributed by atoms with Gasteiger partial charge in [-0.3, -0.25) is 0 Å². The van der Waals surface area contributed by atoms with Gasteiger partial charge in [0.25, 0.3) is 0 Å². The highest BCUT2D eigenvalue weighted by atomic mass is 127. The van der Waals surface area contributed by atoms with E-state index < -0.39 is 17.7 Å². The SMILES string of the molecule is CC(C)(C)OC(=O)NC(CO)CNc1ncnc(Cl)c1I. The molecule has 118 valence electrons. The van der Waals surface area contributed by atoms with E-state index >= 15 is 0 Å². The molecule has 0 aliphatic heterocycles. The molecule has 0 bridgehead atoms. The number of alkyl carbamates (subject to hydrolysis) is 1. The van der Waals surface area contributed by atoms with E-state index in [-0.39, 0.29) is 13.2 Å². The van der Waals surface area contributed by atoms with Gasteiger partial charge < -0.3 is 20.5 Å². The van der Waals surface area contributed by atoms with E-state index in [0.29, 0.717) is 14.5 Å². The summed E-state index contributed by atoms with van der Waals surface area (Å²) in [4.78, 5) is 19.5. The molecule has 0 aliphatic rings. The fourth-order valence-corrected chi connectivity index (χ4v) is 1.93. The number of anilines is 1. The molecule has 1 unspecified atom stereocenters.